The zero-order chi connectivity index (χ0) is 19.1. The number of hydrogen-bond acceptors (Lipinski definition) is 1. The minimum atomic E-state index is -6.88. The van der Waals surface area contributed by atoms with Gasteiger partial charge in [0.15, 0.2) is 0 Å². The molecule has 3 nitrogen and oxygen atoms in total. The van der Waals surface area contributed by atoms with E-state index in [9.17, 15) is 39.5 Å². The van der Waals surface area contributed by atoms with E-state index in [4.69, 9.17) is 28.7 Å². The summed E-state index contributed by atoms with van der Waals surface area (Å²) < 4.78 is 116. The molecule has 1 unspecified atom stereocenters. The van der Waals surface area contributed by atoms with Crippen LogP contribution in [-0.4, -0.2) is 18.3 Å². The number of halogens is 11. The summed E-state index contributed by atoms with van der Waals surface area (Å²) in [4.78, 5) is 2.17. The molecule has 0 aromatic heterocycles. The Morgan fingerprint density at radius 2 is 1.25 bits per heavy atom. The molecule has 0 spiro atoms. The first kappa shape index (κ1) is 20.5. The predicted molar refractivity (Wildman–Crippen MR) is 65.1 cm³/mol. The molecule has 0 bridgehead atoms. The number of nitrogens with zero attached hydrogens (tertiary/aromatic N) is 3. The van der Waals surface area contributed by atoms with Crippen LogP contribution in [0.5, 0.6) is 0 Å². The molecule has 0 amide bonds. The lowest BCUT2D eigenvalue weighted by Crippen LogP contribution is -2.59. The van der Waals surface area contributed by atoms with Gasteiger partial charge in [-0.15, -0.1) is 0 Å². The molecule has 1 aromatic carbocycles. The van der Waals surface area contributed by atoms with E-state index in [0.29, 0.717) is 0 Å². The molecule has 0 radical (unpaired) electrons. The van der Waals surface area contributed by atoms with Gasteiger partial charge < -0.3 is 0 Å². The van der Waals surface area contributed by atoms with Crippen LogP contribution in [0.25, 0.3) is 10.4 Å². The van der Waals surface area contributed by atoms with Gasteiger partial charge in [-0.1, -0.05) is 28.3 Å². The Morgan fingerprint density at radius 1 is 0.833 bits per heavy atom. The molecule has 1 atom stereocenters. The lowest BCUT2D eigenvalue weighted by atomic mass is 9.87. The number of alkyl halides is 9. The summed E-state index contributed by atoms with van der Waals surface area (Å²) in [6.45, 7) is 0. The Balaban J connectivity index is 3.82. The Labute approximate surface area is 136 Å². The van der Waals surface area contributed by atoms with Gasteiger partial charge in [0.2, 0.25) is 0 Å². The second-order valence-electron chi connectivity index (χ2n) is 4.21. The molecule has 0 aliphatic rings. The molecule has 24 heavy (non-hydrogen) atoms. The van der Waals surface area contributed by atoms with Crippen molar-refractivity contribution in [3.63, 3.8) is 0 Å². The van der Waals surface area contributed by atoms with E-state index >= 15 is 0 Å². The van der Waals surface area contributed by atoms with Crippen LogP contribution < -0.4 is 0 Å². The van der Waals surface area contributed by atoms with Crippen molar-refractivity contribution in [2.45, 2.75) is 23.9 Å². The van der Waals surface area contributed by atoms with Crippen molar-refractivity contribution < 1.29 is 39.5 Å². The monoisotopic (exact) mass is 405 g/mol. The van der Waals surface area contributed by atoms with Crippen molar-refractivity contribution in [1.29, 1.82) is 0 Å². The zero-order valence-electron chi connectivity index (χ0n) is 10.7. The zero-order valence-corrected chi connectivity index (χ0v) is 12.2. The van der Waals surface area contributed by atoms with Gasteiger partial charge in [0.25, 0.3) is 0 Å². The molecule has 14 heteroatoms. The first-order valence-corrected chi connectivity index (χ1v) is 6.11. The maximum Gasteiger partial charge on any atom is 0.457 e. The first-order valence-electron chi connectivity index (χ1n) is 5.36. The molecule has 0 N–H and O–H groups in total. The van der Waals surface area contributed by atoms with Crippen LogP contribution in [-0.2, 0) is 5.67 Å². The largest absolute Gasteiger partial charge is 0.457 e. The van der Waals surface area contributed by atoms with Crippen LogP contribution in [0.15, 0.2) is 17.2 Å². The van der Waals surface area contributed by atoms with E-state index in [2.05, 4.69) is 10.0 Å². The first-order chi connectivity index (χ1) is 10.6. The van der Waals surface area contributed by atoms with Crippen molar-refractivity contribution in [3.8, 4) is 0 Å². The van der Waals surface area contributed by atoms with Crippen LogP contribution in [0.1, 0.15) is 5.56 Å². The molecule has 0 saturated heterocycles. The second-order valence-corrected chi connectivity index (χ2v) is 5.02. The molecule has 0 aliphatic carbocycles. The molecule has 0 aliphatic heterocycles. The quantitative estimate of drug-likeness (QED) is 0.228. The second kappa shape index (κ2) is 6.08. The fourth-order valence-corrected chi connectivity index (χ4v) is 2.19. The average molecular weight is 406 g/mol. The SMILES string of the molecule is [N-]=[N+]=Nc1c(Cl)cc(C(F)(C(F)(F)F)C(F)(F)C(F)(F)F)cc1Cl. The van der Waals surface area contributed by atoms with E-state index in [-0.39, 0.29) is 12.1 Å². The van der Waals surface area contributed by atoms with Crippen LogP contribution in [0.4, 0.5) is 45.2 Å². The van der Waals surface area contributed by atoms with Gasteiger partial charge in [0.05, 0.1) is 15.7 Å². The highest BCUT2D eigenvalue weighted by Gasteiger charge is 2.81. The van der Waals surface area contributed by atoms with Crippen LogP contribution in [0.2, 0.25) is 10.0 Å². The summed E-state index contributed by atoms with van der Waals surface area (Å²) in [7, 11) is 0. The van der Waals surface area contributed by atoms with Gasteiger partial charge in [-0.05, 0) is 17.7 Å². The molecular weight excluding hydrogens is 404 g/mol. The lowest BCUT2D eigenvalue weighted by Gasteiger charge is -2.36. The standard InChI is InChI=1S/C10H2Cl2F9N3/c11-4-1-3(2-5(12)6(4)23-24-22)7(13,9(16,17)18)8(14,15)10(19,20)21/h1-2H. The Morgan fingerprint density at radius 3 is 1.54 bits per heavy atom. The Kier molecular flexibility index (Phi) is 5.20. The highest BCUT2D eigenvalue weighted by Crippen LogP contribution is 2.59. The molecule has 0 saturated carbocycles. The summed E-state index contributed by atoms with van der Waals surface area (Å²) >= 11 is 10.6. The number of benzene rings is 1. The minimum Gasteiger partial charge on any atom is -0.221 e. The lowest BCUT2D eigenvalue weighted by molar-refractivity contribution is -0.389. The van der Waals surface area contributed by atoms with Gasteiger partial charge in [-0.3, -0.25) is 0 Å². The molecule has 0 heterocycles. The maximum absolute atomic E-state index is 14.2. The van der Waals surface area contributed by atoms with E-state index in [1.165, 1.54) is 0 Å². The third-order valence-electron chi connectivity index (χ3n) is 2.74. The molecule has 0 fully saturated rings. The summed E-state index contributed by atoms with van der Waals surface area (Å²) in [5, 5.41) is 0.693. The van der Waals surface area contributed by atoms with Gasteiger partial charge in [0, 0.05) is 10.5 Å². The van der Waals surface area contributed by atoms with Gasteiger partial charge in [0.1, 0.15) is 0 Å². The number of azide groups is 1. The van der Waals surface area contributed by atoms with E-state index < -0.39 is 45.2 Å². The van der Waals surface area contributed by atoms with E-state index in [1.807, 2.05) is 0 Å². The van der Waals surface area contributed by atoms with Gasteiger partial charge in [-0.25, -0.2) is 4.39 Å². The third kappa shape index (κ3) is 3.05. The normalized spacial score (nSPS) is 15.6. The van der Waals surface area contributed by atoms with Crippen molar-refractivity contribution in [3.05, 3.63) is 38.2 Å². The summed E-state index contributed by atoms with van der Waals surface area (Å²) in [6.07, 6.45) is -13.6. The van der Waals surface area contributed by atoms with E-state index in [1.54, 1.807) is 0 Å². The van der Waals surface area contributed by atoms with Crippen LogP contribution >= 0.6 is 23.2 Å². The fourth-order valence-electron chi connectivity index (χ4n) is 1.62. The minimum absolute atomic E-state index is 0.176. The predicted octanol–water partition coefficient (Wildman–Crippen LogP) is 6.86. The van der Waals surface area contributed by atoms with Gasteiger partial charge >= 0.3 is 23.9 Å². The van der Waals surface area contributed by atoms with Crippen LogP contribution in [0.3, 0.4) is 0 Å². The third-order valence-corrected chi connectivity index (χ3v) is 3.31. The molecule has 1 aromatic rings. The number of rotatable bonds is 3. The summed E-state index contributed by atoms with van der Waals surface area (Å²) in [6, 6.07) is -0.352. The summed E-state index contributed by atoms with van der Waals surface area (Å²) in [5.74, 6) is -6.86. The fraction of sp³-hybridized carbons (Fsp3) is 0.400. The van der Waals surface area contributed by atoms with Gasteiger partial charge in [-0.2, -0.15) is 35.1 Å². The maximum atomic E-state index is 14.2. The highest BCUT2D eigenvalue weighted by molar-refractivity contribution is 6.38. The van der Waals surface area contributed by atoms with E-state index in [0.717, 1.165) is 0 Å². The van der Waals surface area contributed by atoms with Crippen molar-refractivity contribution >= 4 is 28.9 Å². The molecular formula is C10H2Cl2F9N3. The summed E-state index contributed by atoms with van der Waals surface area (Å²) in [5.41, 5.74) is -0.977. The smallest absolute Gasteiger partial charge is 0.221 e. The van der Waals surface area contributed by atoms with Crippen LogP contribution in [0, 0.1) is 0 Å². The molecule has 1 rings (SSSR count). The van der Waals surface area contributed by atoms with Crippen molar-refractivity contribution in [2.24, 2.45) is 5.11 Å². The number of hydrogen-bond donors (Lipinski definition) is 0. The highest BCUT2D eigenvalue weighted by atomic mass is 35.5. The Hall–Kier alpha value is -1.52. The Bertz CT molecular complexity index is 671. The van der Waals surface area contributed by atoms with Crippen molar-refractivity contribution in [2.75, 3.05) is 0 Å². The van der Waals surface area contributed by atoms with Crippen molar-refractivity contribution in [1.82, 2.24) is 0 Å². The molecule has 134 valence electrons. The average Bonchev–Trinajstić information content (AvgIpc) is 2.38. The topological polar surface area (TPSA) is 48.8 Å².